The van der Waals surface area contributed by atoms with Gasteiger partial charge in [-0.3, -0.25) is 9.59 Å². The van der Waals surface area contributed by atoms with E-state index in [1.165, 1.54) is 7.11 Å². The van der Waals surface area contributed by atoms with Crippen molar-refractivity contribution in [2.24, 2.45) is 0 Å². The summed E-state index contributed by atoms with van der Waals surface area (Å²) in [7, 11) is 1.51. The van der Waals surface area contributed by atoms with E-state index in [0.717, 1.165) is 11.3 Å². The first-order chi connectivity index (χ1) is 15.9. The number of carbonyl (C=O) groups excluding carboxylic acids is 2. The maximum Gasteiger partial charge on any atom is 0.320 e. The number of urea groups is 1. The van der Waals surface area contributed by atoms with E-state index < -0.39 is 12.0 Å². The topological polar surface area (TPSA) is 125 Å². The molecule has 0 aliphatic carbocycles. The lowest BCUT2D eigenvalue weighted by molar-refractivity contribution is -0.138. The summed E-state index contributed by atoms with van der Waals surface area (Å²) in [6.45, 7) is 1.53. The van der Waals surface area contributed by atoms with Gasteiger partial charge in [-0.1, -0.05) is 12.1 Å². The number of ether oxygens (including phenoxy) is 1. The molecule has 0 bridgehead atoms. The molecule has 4 heterocycles. The number of aromatic nitrogens is 2. The van der Waals surface area contributed by atoms with Gasteiger partial charge in [-0.05, 0) is 36.5 Å². The summed E-state index contributed by atoms with van der Waals surface area (Å²) >= 11 is 0. The second-order valence-corrected chi connectivity index (χ2v) is 8.17. The van der Waals surface area contributed by atoms with Crippen LogP contribution in [0.5, 0.6) is 5.88 Å². The Morgan fingerprint density at radius 3 is 2.79 bits per heavy atom. The zero-order valence-corrected chi connectivity index (χ0v) is 18.5. The third-order valence-electron chi connectivity index (χ3n) is 6.00. The summed E-state index contributed by atoms with van der Waals surface area (Å²) in [5, 5.41) is 12.2. The van der Waals surface area contributed by atoms with Crippen molar-refractivity contribution in [2.45, 2.75) is 38.1 Å². The molecule has 10 nitrogen and oxygen atoms in total. The first kappa shape index (κ1) is 22.5. The zero-order chi connectivity index (χ0) is 23.4. The number of nitrogens with zero attached hydrogens (tertiary/aromatic N) is 4. The van der Waals surface area contributed by atoms with Gasteiger partial charge in [0.15, 0.2) is 0 Å². The summed E-state index contributed by atoms with van der Waals surface area (Å²) < 4.78 is 5.07. The van der Waals surface area contributed by atoms with Gasteiger partial charge in [-0.25, -0.2) is 14.8 Å². The minimum atomic E-state index is -0.979. The van der Waals surface area contributed by atoms with Crippen LogP contribution in [0.15, 0.2) is 30.5 Å². The van der Waals surface area contributed by atoms with Crippen molar-refractivity contribution in [3.63, 3.8) is 0 Å². The van der Waals surface area contributed by atoms with Crippen molar-refractivity contribution < 1.29 is 24.2 Å². The number of aliphatic carboxylic acids is 1. The van der Waals surface area contributed by atoms with Gasteiger partial charge in [0, 0.05) is 44.0 Å². The molecule has 2 aromatic heterocycles. The molecule has 1 atom stereocenters. The molecular weight excluding hydrogens is 426 g/mol. The van der Waals surface area contributed by atoms with Crippen LogP contribution in [0.3, 0.4) is 0 Å². The average molecular weight is 453 g/mol. The third-order valence-corrected chi connectivity index (χ3v) is 6.00. The Bertz CT molecular complexity index is 1040. The number of fused-ring (bicyclic) bond motifs is 1. The lowest BCUT2D eigenvalue weighted by atomic mass is 10.0. The Kier molecular flexibility index (Phi) is 6.71. The molecule has 174 valence electrons. The fourth-order valence-electron chi connectivity index (χ4n) is 4.25. The molecular formula is C23H27N5O5. The van der Waals surface area contributed by atoms with Gasteiger partial charge in [0.1, 0.15) is 5.82 Å². The fourth-order valence-corrected chi connectivity index (χ4v) is 4.25. The molecule has 2 N–H and O–H groups in total. The molecule has 0 radical (unpaired) electrons. The molecule has 2 aliphatic heterocycles. The molecule has 4 rings (SSSR count). The van der Waals surface area contributed by atoms with Crippen molar-refractivity contribution >= 4 is 23.7 Å². The highest BCUT2D eigenvalue weighted by atomic mass is 16.5. The highest BCUT2D eigenvalue weighted by Crippen LogP contribution is 2.29. The van der Waals surface area contributed by atoms with Crippen LogP contribution < -0.4 is 10.1 Å². The molecule has 1 unspecified atom stereocenters. The van der Waals surface area contributed by atoms with E-state index in [9.17, 15) is 19.5 Å². The smallest absolute Gasteiger partial charge is 0.320 e. The second-order valence-electron chi connectivity index (χ2n) is 8.17. The normalized spacial score (nSPS) is 16.4. The van der Waals surface area contributed by atoms with Crippen molar-refractivity contribution in [3.8, 4) is 5.88 Å². The minimum Gasteiger partial charge on any atom is -0.481 e. The Morgan fingerprint density at radius 1 is 1.21 bits per heavy atom. The van der Waals surface area contributed by atoms with Gasteiger partial charge in [0.05, 0.1) is 19.6 Å². The van der Waals surface area contributed by atoms with E-state index in [-0.39, 0.29) is 18.4 Å². The molecule has 0 aromatic carbocycles. The van der Waals surface area contributed by atoms with Crippen molar-refractivity contribution in [3.05, 3.63) is 47.3 Å². The summed E-state index contributed by atoms with van der Waals surface area (Å²) in [6.07, 6.45) is 3.94. The summed E-state index contributed by atoms with van der Waals surface area (Å²) in [5.74, 6) is 0.0693. The maximum absolute atomic E-state index is 13.0. The van der Waals surface area contributed by atoms with Gasteiger partial charge >= 0.3 is 12.0 Å². The third kappa shape index (κ3) is 5.21. The number of amides is 3. The molecule has 10 heteroatoms. The SMILES string of the molecule is COc1ccc(C(CC(=O)O)N2CCN(CCCc3ccc4c(n3)NC(=O)CC4)C2=O)cn1. The molecule has 33 heavy (non-hydrogen) atoms. The molecule has 2 aromatic rings. The molecule has 1 fully saturated rings. The van der Waals surface area contributed by atoms with Crippen molar-refractivity contribution in [1.29, 1.82) is 0 Å². The highest BCUT2D eigenvalue weighted by Gasteiger charge is 2.35. The highest BCUT2D eigenvalue weighted by molar-refractivity contribution is 5.92. The van der Waals surface area contributed by atoms with Gasteiger partial charge in [0.2, 0.25) is 11.8 Å². The van der Waals surface area contributed by atoms with E-state index in [1.54, 1.807) is 28.1 Å². The summed E-state index contributed by atoms with van der Waals surface area (Å²) in [4.78, 5) is 48.2. The van der Waals surface area contributed by atoms with Gasteiger partial charge in [-0.15, -0.1) is 0 Å². The predicted octanol–water partition coefficient (Wildman–Crippen LogP) is 2.26. The standard InChI is InChI=1S/C23H27N5O5/c1-33-20-9-6-16(14-24-20)18(13-21(30)31)28-12-11-27(23(28)32)10-2-3-17-7-4-15-5-8-19(29)26-22(15)25-17/h4,6-7,9,14,18H,2-3,5,8,10-13H2,1H3,(H,30,31)(H,25,26,29). The number of methoxy groups -OCH3 is 1. The van der Waals surface area contributed by atoms with Crippen molar-refractivity contribution in [1.82, 2.24) is 19.8 Å². The van der Waals surface area contributed by atoms with Crippen LogP contribution in [-0.4, -0.2) is 69.5 Å². The van der Waals surface area contributed by atoms with E-state index in [2.05, 4.69) is 15.3 Å². The van der Waals surface area contributed by atoms with Crippen LogP contribution in [0.25, 0.3) is 0 Å². The molecule has 3 amide bonds. The summed E-state index contributed by atoms with van der Waals surface area (Å²) in [6, 6.07) is 6.60. The van der Waals surface area contributed by atoms with E-state index in [1.807, 2.05) is 12.1 Å². The number of anilines is 1. The Labute approximate surface area is 191 Å². The molecule has 0 spiro atoms. The molecule has 1 saturated heterocycles. The van der Waals surface area contributed by atoms with E-state index in [4.69, 9.17) is 4.74 Å². The number of hydrogen-bond acceptors (Lipinski definition) is 6. The lowest BCUT2D eigenvalue weighted by Crippen LogP contribution is -2.36. The van der Waals surface area contributed by atoms with Crippen LogP contribution in [0.1, 0.15) is 42.1 Å². The Hall–Kier alpha value is -3.69. The van der Waals surface area contributed by atoms with E-state index >= 15 is 0 Å². The lowest BCUT2D eigenvalue weighted by Gasteiger charge is -2.27. The quantitative estimate of drug-likeness (QED) is 0.597. The monoisotopic (exact) mass is 453 g/mol. The average Bonchev–Trinajstić information content (AvgIpc) is 3.17. The number of pyridine rings is 2. The van der Waals surface area contributed by atoms with Crippen LogP contribution in [0, 0.1) is 0 Å². The number of carbonyl (C=O) groups is 3. The number of carboxylic acid groups (broad SMARTS) is 1. The number of carboxylic acids is 1. The van der Waals surface area contributed by atoms with Crippen molar-refractivity contribution in [2.75, 3.05) is 32.1 Å². The number of nitrogens with one attached hydrogen (secondary N) is 1. The van der Waals surface area contributed by atoms with E-state index in [0.29, 0.717) is 62.6 Å². The van der Waals surface area contributed by atoms with Crippen LogP contribution in [-0.2, 0) is 22.4 Å². The predicted molar refractivity (Wildman–Crippen MR) is 119 cm³/mol. The van der Waals surface area contributed by atoms with Gasteiger partial charge < -0.3 is 25.0 Å². The molecule has 2 aliphatic rings. The molecule has 0 saturated carbocycles. The Balaban J connectivity index is 1.36. The largest absolute Gasteiger partial charge is 0.481 e. The second kappa shape index (κ2) is 9.85. The van der Waals surface area contributed by atoms with Crippen LogP contribution in [0.2, 0.25) is 0 Å². The minimum absolute atomic E-state index is 0.0159. The maximum atomic E-state index is 13.0. The van der Waals surface area contributed by atoms with Gasteiger partial charge in [-0.2, -0.15) is 0 Å². The Morgan fingerprint density at radius 2 is 2.06 bits per heavy atom. The van der Waals surface area contributed by atoms with Crippen LogP contribution in [0.4, 0.5) is 10.6 Å². The zero-order valence-electron chi connectivity index (χ0n) is 18.5. The summed E-state index contributed by atoms with van der Waals surface area (Å²) in [5.41, 5.74) is 2.57. The number of rotatable bonds is 9. The van der Waals surface area contributed by atoms with Crippen LogP contribution >= 0.6 is 0 Å². The fraction of sp³-hybridized carbons (Fsp3) is 0.435. The van der Waals surface area contributed by atoms with Gasteiger partial charge in [0.25, 0.3) is 0 Å². The first-order valence-corrected chi connectivity index (χ1v) is 11.0. The first-order valence-electron chi connectivity index (χ1n) is 11.0. The number of hydrogen-bond donors (Lipinski definition) is 2. The number of aryl methyl sites for hydroxylation is 2.